The van der Waals surface area contributed by atoms with Crippen molar-refractivity contribution >= 4 is 29.9 Å². The monoisotopic (exact) mass is 547 g/mol. The molecule has 0 saturated carbocycles. The van der Waals surface area contributed by atoms with Crippen LogP contribution in [-0.4, -0.2) is 87.5 Å². The molecule has 174 valence electrons. The van der Waals surface area contributed by atoms with E-state index in [0.717, 1.165) is 19.3 Å². The van der Waals surface area contributed by atoms with Crippen LogP contribution in [0.2, 0.25) is 0 Å². The lowest BCUT2D eigenvalue weighted by Crippen LogP contribution is -2.42. The Morgan fingerprint density at radius 2 is 1.69 bits per heavy atom. The van der Waals surface area contributed by atoms with Gasteiger partial charge >= 0.3 is 12.4 Å². The van der Waals surface area contributed by atoms with Crippen LogP contribution in [0.5, 0.6) is 0 Å². The summed E-state index contributed by atoms with van der Waals surface area (Å²) < 4.78 is 74.1. The number of likely N-dealkylation sites (N-methyl/N-ethyl adjacent to an activating group) is 1. The zero-order chi connectivity index (χ0) is 21.2. The van der Waals surface area contributed by atoms with Crippen LogP contribution in [0, 0.1) is 5.92 Å². The molecule has 2 N–H and O–H groups in total. The first kappa shape index (κ1) is 28.5. The second-order valence-corrected chi connectivity index (χ2v) is 7.16. The smallest absolute Gasteiger partial charge is 0.357 e. The van der Waals surface area contributed by atoms with Crippen molar-refractivity contribution in [3.05, 3.63) is 0 Å². The lowest BCUT2D eigenvalue weighted by Gasteiger charge is -2.32. The molecule has 1 fully saturated rings. The van der Waals surface area contributed by atoms with Crippen LogP contribution >= 0.6 is 24.0 Å². The zero-order valence-corrected chi connectivity index (χ0v) is 19.2. The molecule has 0 bridgehead atoms. The van der Waals surface area contributed by atoms with E-state index < -0.39 is 25.4 Å². The molecule has 0 aromatic heterocycles. The molecule has 0 aromatic carbocycles. The average Bonchev–Trinajstić information content (AvgIpc) is 2.53. The summed E-state index contributed by atoms with van der Waals surface area (Å²) >= 11 is 0. The summed E-state index contributed by atoms with van der Waals surface area (Å²) in [7, 11) is 1.41. The normalized spacial score (nSPS) is 17.3. The second-order valence-electron chi connectivity index (χ2n) is 7.16. The van der Waals surface area contributed by atoms with Crippen LogP contribution in [0.1, 0.15) is 26.2 Å². The van der Waals surface area contributed by atoms with Gasteiger partial charge < -0.3 is 10.6 Å². The van der Waals surface area contributed by atoms with E-state index >= 15 is 0 Å². The summed E-state index contributed by atoms with van der Waals surface area (Å²) in [5.41, 5.74) is 0. The van der Waals surface area contributed by atoms with Crippen LogP contribution in [0.4, 0.5) is 26.3 Å². The summed E-state index contributed by atoms with van der Waals surface area (Å²) in [4.78, 5) is 7.04. The number of nitrogens with one attached hydrogen (secondary N) is 2. The van der Waals surface area contributed by atoms with Gasteiger partial charge in [-0.25, -0.2) is 0 Å². The first-order valence-electron chi connectivity index (χ1n) is 9.55. The lowest BCUT2D eigenvalue weighted by molar-refractivity contribution is -0.148. The van der Waals surface area contributed by atoms with Crippen molar-refractivity contribution < 1.29 is 26.3 Å². The molecule has 1 rings (SSSR count). The highest BCUT2D eigenvalue weighted by Gasteiger charge is 2.32. The Balaban J connectivity index is 0.00000784. The standard InChI is InChI=1S/C17H31F6N5.HI/c1-3-24-15(26-8-11-27(2)12-16(18,19)20)25-7-4-14-5-9-28(10-6-14)13-17(21,22)23;/h14H,3-13H2,1-2H3,(H2,24,25,26);1H. The number of hydrogen-bond acceptors (Lipinski definition) is 3. The van der Waals surface area contributed by atoms with E-state index in [0.29, 0.717) is 44.6 Å². The number of alkyl halides is 6. The zero-order valence-electron chi connectivity index (χ0n) is 16.9. The maximum atomic E-state index is 12.4. The third kappa shape index (κ3) is 15.0. The van der Waals surface area contributed by atoms with E-state index in [1.54, 1.807) is 0 Å². The van der Waals surface area contributed by atoms with E-state index in [-0.39, 0.29) is 30.5 Å². The van der Waals surface area contributed by atoms with Gasteiger partial charge in [0.05, 0.1) is 13.1 Å². The van der Waals surface area contributed by atoms with Gasteiger partial charge in [0, 0.05) is 26.2 Å². The molecule has 1 saturated heterocycles. The predicted molar refractivity (Wildman–Crippen MR) is 113 cm³/mol. The molecule has 5 nitrogen and oxygen atoms in total. The minimum absolute atomic E-state index is 0. The fourth-order valence-corrected chi connectivity index (χ4v) is 3.14. The van der Waals surface area contributed by atoms with Gasteiger partial charge in [0.25, 0.3) is 0 Å². The molecular weight excluding hydrogens is 515 g/mol. The highest BCUT2D eigenvalue weighted by molar-refractivity contribution is 14.0. The van der Waals surface area contributed by atoms with Crippen molar-refractivity contribution in [3.8, 4) is 0 Å². The Morgan fingerprint density at radius 1 is 1.07 bits per heavy atom. The Morgan fingerprint density at radius 3 is 2.21 bits per heavy atom. The van der Waals surface area contributed by atoms with Crippen LogP contribution in [0.25, 0.3) is 0 Å². The number of guanidine groups is 1. The van der Waals surface area contributed by atoms with Gasteiger partial charge in [0.2, 0.25) is 0 Å². The largest absolute Gasteiger partial charge is 0.401 e. The van der Waals surface area contributed by atoms with E-state index in [9.17, 15) is 26.3 Å². The minimum Gasteiger partial charge on any atom is -0.357 e. The summed E-state index contributed by atoms with van der Waals surface area (Å²) in [5, 5.41) is 6.04. The maximum Gasteiger partial charge on any atom is 0.401 e. The Bertz CT molecular complexity index is 464. The molecule has 0 unspecified atom stereocenters. The molecule has 12 heteroatoms. The van der Waals surface area contributed by atoms with Crippen molar-refractivity contribution in [3.63, 3.8) is 0 Å². The van der Waals surface area contributed by atoms with Crippen LogP contribution in [0.3, 0.4) is 0 Å². The summed E-state index contributed by atoms with van der Waals surface area (Å²) in [5.74, 6) is 0.881. The summed E-state index contributed by atoms with van der Waals surface area (Å²) in [6, 6.07) is 0. The maximum absolute atomic E-state index is 12.4. The number of hydrogen-bond donors (Lipinski definition) is 2. The van der Waals surface area contributed by atoms with Crippen molar-refractivity contribution in [2.45, 2.75) is 38.5 Å². The third-order valence-corrected chi connectivity index (χ3v) is 4.50. The first-order valence-corrected chi connectivity index (χ1v) is 9.55. The Labute approximate surface area is 185 Å². The Kier molecular flexibility index (Phi) is 13.5. The first-order chi connectivity index (χ1) is 13.0. The molecule has 29 heavy (non-hydrogen) atoms. The topological polar surface area (TPSA) is 42.9 Å². The van der Waals surface area contributed by atoms with Crippen molar-refractivity contribution in [1.82, 2.24) is 20.4 Å². The molecule has 0 radical (unpaired) electrons. The van der Waals surface area contributed by atoms with Crippen molar-refractivity contribution in [1.29, 1.82) is 0 Å². The molecule has 0 spiro atoms. The highest BCUT2D eigenvalue weighted by Crippen LogP contribution is 2.24. The number of likely N-dealkylation sites (tertiary alicyclic amines) is 1. The second kappa shape index (κ2) is 13.7. The predicted octanol–water partition coefficient (Wildman–Crippen LogP) is 3.32. The van der Waals surface area contributed by atoms with Crippen molar-refractivity contribution in [2.24, 2.45) is 10.9 Å². The van der Waals surface area contributed by atoms with Gasteiger partial charge in [0.1, 0.15) is 0 Å². The SMILES string of the molecule is CCNC(=NCCC1CCN(CC(F)(F)F)CC1)NCCN(C)CC(F)(F)F.I. The van der Waals surface area contributed by atoms with Gasteiger partial charge in [-0.2, -0.15) is 26.3 Å². The number of nitrogens with zero attached hydrogens (tertiary/aromatic N) is 3. The number of piperidine rings is 1. The molecular formula is C17H32F6IN5. The van der Waals surface area contributed by atoms with E-state index in [2.05, 4.69) is 15.6 Å². The van der Waals surface area contributed by atoms with E-state index in [1.165, 1.54) is 16.8 Å². The van der Waals surface area contributed by atoms with Crippen LogP contribution in [-0.2, 0) is 0 Å². The van der Waals surface area contributed by atoms with E-state index in [1.807, 2.05) is 6.92 Å². The quantitative estimate of drug-likeness (QED) is 0.201. The van der Waals surface area contributed by atoms with Gasteiger partial charge in [-0.3, -0.25) is 14.8 Å². The molecule has 0 aliphatic carbocycles. The van der Waals surface area contributed by atoms with Gasteiger partial charge in [-0.15, -0.1) is 24.0 Å². The minimum atomic E-state index is -4.22. The van der Waals surface area contributed by atoms with E-state index in [4.69, 9.17) is 0 Å². The molecule has 0 amide bonds. The average molecular weight is 547 g/mol. The Hall–Kier alpha value is -0.500. The third-order valence-electron chi connectivity index (χ3n) is 4.50. The summed E-state index contributed by atoms with van der Waals surface area (Å²) in [6.45, 7) is 2.66. The molecule has 0 aromatic rings. The lowest BCUT2D eigenvalue weighted by atomic mass is 9.93. The molecule has 1 aliphatic rings. The molecule has 0 atom stereocenters. The van der Waals surface area contributed by atoms with Gasteiger partial charge in [-0.05, 0) is 52.2 Å². The molecule has 1 heterocycles. The van der Waals surface area contributed by atoms with Gasteiger partial charge in [0.15, 0.2) is 5.96 Å². The number of halogens is 7. The summed E-state index contributed by atoms with van der Waals surface area (Å²) in [6.07, 6.45) is -6.15. The highest BCUT2D eigenvalue weighted by atomic mass is 127. The van der Waals surface area contributed by atoms with Crippen molar-refractivity contribution in [2.75, 3.05) is 59.4 Å². The molecule has 1 aliphatic heterocycles. The van der Waals surface area contributed by atoms with Crippen LogP contribution < -0.4 is 10.6 Å². The van der Waals surface area contributed by atoms with Gasteiger partial charge in [-0.1, -0.05) is 0 Å². The fourth-order valence-electron chi connectivity index (χ4n) is 3.14. The fraction of sp³-hybridized carbons (Fsp3) is 0.941. The number of rotatable bonds is 9. The number of aliphatic imine (C=N–C) groups is 1. The van der Waals surface area contributed by atoms with Crippen LogP contribution in [0.15, 0.2) is 4.99 Å².